The zero-order valence-electron chi connectivity index (χ0n) is 7.12. The van der Waals surface area contributed by atoms with E-state index in [0.29, 0.717) is 13.7 Å². The zero-order chi connectivity index (χ0) is 10.9. The van der Waals surface area contributed by atoms with Crippen LogP contribution in [0.15, 0.2) is 6.07 Å². The molecule has 1 heterocycles. The van der Waals surface area contributed by atoms with Crippen molar-refractivity contribution in [2.24, 2.45) is 0 Å². The second-order valence-corrected chi connectivity index (χ2v) is 4.79. The van der Waals surface area contributed by atoms with Crippen LogP contribution < -0.4 is 0 Å². The number of rotatable bonds is 1. The summed E-state index contributed by atoms with van der Waals surface area (Å²) in [5.74, 6) is 0. The number of hydrogen-bond donors (Lipinski definition) is 0. The molecule has 0 spiro atoms. The molecule has 0 fully saturated rings. The van der Waals surface area contributed by atoms with Gasteiger partial charge in [0.15, 0.2) is 0 Å². The quantitative estimate of drug-likeness (QED) is 0.490. The van der Waals surface area contributed by atoms with Crippen molar-refractivity contribution in [2.45, 2.75) is 19.5 Å². The molecule has 1 rings (SSSR count). The predicted molar refractivity (Wildman–Crippen MR) is 64.1 cm³/mol. The highest BCUT2D eigenvalue weighted by Crippen LogP contribution is 2.33. The lowest BCUT2D eigenvalue weighted by Crippen LogP contribution is -2.12. The van der Waals surface area contributed by atoms with Gasteiger partial charge in [0, 0.05) is 3.57 Å². The Morgan fingerprint density at radius 1 is 1.36 bits per heavy atom. The van der Waals surface area contributed by atoms with E-state index in [-0.39, 0.29) is 5.69 Å². The van der Waals surface area contributed by atoms with Gasteiger partial charge in [-0.3, -0.25) is 0 Å². The number of pyridine rings is 1. The number of aryl methyl sites for hydroxylation is 1. The summed E-state index contributed by atoms with van der Waals surface area (Å²) in [6, 6.07) is 1.15. The van der Waals surface area contributed by atoms with Crippen LogP contribution in [0.25, 0.3) is 0 Å². The third-order valence-electron chi connectivity index (χ3n) is 1.65. The van der Waals surface area contributed by atoms with Crippen LogP contribution in [0.5, 0.6) is 0 Å². The summed E-state index contributed by atoms with van der Waals surface area (Å²) in [6.45, 7) is 1.67. The molecule has 0 aliphatic rings. The van der Waals surface area contributed by atoms with Crippen LogP contribution >= 0.6 is 45.2 Å². The van der Waals surface area contributed by atoms with E-state index >= 15 is 0 Å². The molecule has 0 atom stereocenters. The van der Waals surface area contributed by atoms with E-state index in [1.54, 1.807) is 6.92 Å². The molecule has 0 aliphatic carbocycles. The maximum atomic E-state index is 12.5. The molecule has 78 valence electrons. The Labute approximate surface area is 107 Å². The first kappa shape index (κ1) is 12.5. The fraction of sp³-hybridized carbons (Fsp3) is 0.375. The summed E-state index contributed by atoms with van der Waals surface area (Å²) in [5, 5.41) is 0. The lowest BCUT2D eigenvalue weighted by molar-refractivity contribution is -0.138. The Balaban J connectivity index is 3.35. The van der Waals surface area contributed by atoms with Crippen molar-refractivity contribution >= 4 is 45.2 Å². The fourth-order valence-electron chi connectivity index (χ4n) is 1.02. The fourth-order valence-corrected chi connectivity index (χ4v) is 1.90. The van der Waals surface area contributed by atoms with Crippen LogP contribution in [0.1, 0.15) is 18.2 Å². The molecule has 0 radical (unpaired) electrons. The molecule has 0 aliphatic heterocycles. The van der Waals surface area contributed by atoms with Crippen LogP contribution in [0.4, 0.5) is 13.2 Å². The van der Waals surface area contributed by atoms with Gasteiger partial charge >= 0.3 is 6.18 Å². The minimum atomic E-state index is -4.30. The van der Waals surface area contributed by atoms with Gasteiger partial charge in [0.05, 0.1) is 11.3 Å². The number of alkyl halides is 3. The van der Waals surface area contributed by atoms with E-state index in [9.17, 15) is 13.2 Å². The standard InChI is InChI=1S/C8H6F3I2N/c1-2-6-4(8(9,10)11)3-5(12)7(13)14-6/h3H,2H2,1H3. The number of aromatic nitrogens is 1. The second kappa shape index (κ2) is 4.50. The lowest BCUT2D eigenvalue weighted by atomic mass is 10.1. The van der Waals surface area contributed by atoms with Crippen LogP contribution in [0.2, 0.25) is 0 Å². The summed E-state index contributed by atoms with van der Waals surface area (Å²) in [5.41, 5.74) is -0.507. The van der Waals surface area contributed by atoms with Crippen molar-refractivity contribution in [3.05, 3.63) is 24.6 Å². The average Bonchev–Trinajstić information content (AvgIpc) is 2.07. The van der Waals surface area contributed by atoms with Gasteiger partial charge in [-0.15, -0.1) is 0 Å². The van der Waals surface area contributed by atoms with Crippen LogP contribution in [-0.4, -0.2) is 4.98 Å². The Kier molecular flexibility index (Phi) is 4.01. The van der Waals surface area contributed by atoms with Gasteiger partial charge in [-0.2, -0.15) is 13.2 Å². The van der Waals surface area contributed by atoms with Crippen LogP contribution in [0.3, 0.4) is 0 Å². The van der Waals surface area contributed by atoms with Crippen LogP contribution in [-0.2, 0) is 12.6 Å². The van der Waals surface area contributed by atoms with Gasteiger partial charge in [0.2, 0.25) is 0 Å². The van der Waals surface area contributed by atoms with Crippen molar-refractivity contribution in [3.63, 3.8) is 0 Å². The minimum Gasteiger partial charge on any atom is -0.245 e. The molecule has 0 aromatic carbocycles. The van der Waals surface area contributed by atoms with Gasteiger partial charge in [0.1, 0.15) is 3.70 Å². The summed E-state index contributed by atoms with van der Waals surface area (Å²) in [6.07, 6.45) is -4.01. The topological polar surface area (TPSA) is 12.9 Å². The molecular weight excluding hydrogens is 421 g/mol. The highest BCUT2D eigenvalue weighted by Gasteiger charge is 2.34. The van der Waals surface area contributed by atoms with Crippen molar-refractivity contribution in [1.29, 1.82) is 0 Å². The first-order chi connectivity index (χ1) is 6.36. The van der Waals surface area contributed by atoms with E-state index in [4.69, 9.17) is 0 Å². The summed E-state index contributed by atoms with van der Waals surface area (Å²) >= 11 is 3.79. The third kappa shape index (κ3) is 2.71. The van der Waals surface area contributed by atoms with E-state index in [1.807, 2.05) is 45.2 Å². The first-order valence-electron chi connectivity index (χ1n) is 3.78. The van der Waals surface area contributed by atoms with Crippen molar-refractivity contribution < 1.29 is 13.2 Å². The molecule has 1 aromatic heterocycles. The van der Waals surface area contributed by atoms with Gasteiger partial charge in [-0.05, 0) is 57.7 Å². The van der Waals surface area contributed by atoms with Gasteiger partial charge in [-0.25, -0.2) is 4.98 Å². The van der Waals surface area contributed by atoms with Crippen LogP contribution in [0, 0.1) is 7.27 Å². The molecule has 0 bridgehead atoms. The number of hydrogen-bond acceptors (Lipinski definition) is 1. The molecule has 0 amide bonds. The smallest absolute Gasteiger partial charge is 0.245 e. The molecular formula is C8H6F3I2N. The molecule has 1 aromatic rings. The van der Waals surface area contributed by atoms with E-state index in [2.05, 4.69) is 4.98 Å². The Morgan fingerprint density at radius 2 is 1.93 bits per heavy atom. The summed E-state index contributed by atoms with van der Waals surface area (Å²) < 4.78 is 38.7. The second-order valence-electron chi connectivity index (χ2n) is 2.61. The molecule has 0 saturated carbocycles. The zero-order valence-corrected chi connectivity index (χ0v) is 11.4. The Morgan fingerprint density at radius 3 is 2.36 bits per heavy atom. The number of halogens is 5. The normalized spacial score (nSPS) is 11.9. The van der Waals surface area contributed by atoms with Gasteiger partial charge in [-0.1, -0.05) is 6.92 Å². The van der Waals surface area contributed by atoms with Crippen molar-refractivity contribution in [2.75, 3.05) is 0 Å². The first-order valence-corrected chi connectivity index (χ1v) is 5.94. The maximum absolute atomic E-state index is 12.5. The average molecular weight is 427 g/mol. The van der Waals surface area contributed by atoms with E-state index in [0.717, 1.165) is 6.07 Å². The monoisotopic (exact) mass is 427 g/mol. The third-order valence-corrected chi connectivity index (χ3v) is 4.33. The highest BCUT2D eigenvalue weighted by atomic mass is 127. The summed E-state index contributed by atoms with van der Waals surface area (Å²) in [7, 11) is 0. The Bertz CT molecular complexity index is 349. The highest BCUT2D eigenvalue weighted by molar-refractivity contribution is 14.1. The molecule has 0 N–H and O–H groups in total. The van der Waals surface area contributed by atoms with E-state index in [1.165, 1.54) is 0 Å². The number of nitrogens with zero attached hydrogens (tertiary/aromatic N) is 1. The molecule has 0 unspecified atom stereocenters. The predicted octanol–water partition coefficient (Wildman–Crippen LogP) is 3.87. The van der Waals surface area contributed by atoms with Gasteiger partial charge < -0.3 is 0 Å². The lowest BCUT2D eigenvalue weighted by Gasteiger charge is -2.11. The van der Waals surface area contributed by atoms with Crippen molar-refractivity contribution in [1.82, 2.24) is 4.98 Å². The van der Waals surface area contributed by atoms with E-state index < -0.39 is 11.7 Å². The molecule has 14 heavy (non-hydrogen) atoms. The molecule has 1 nitrogen and oxygen atoms in total. The molecule has 6 heteroatoms. The van der Waals surface area contributed by atoms with Gasteiger partial charge in [0.25, 0.3) is 0 Å². The SMILES string of the molecule is CCc1nc(I)c(I)cc1C(F)(F)F. The molecule has 0 saturated heterocycles. The Hall–Kier alpha value is 0.400. The largest absolute Gasteiger partial charge is 0.418 e. The summed E-state index contributed by atoms with van der Waals surface area (Å²) in [4.78, 5) is 3.92. The maximum Gasteiger partial charge on any atom is 0.418 e. The minimum absolute atomic E-state index is 0.113. The van der Waals surface area contributed by atoms with Crippen molar-refractivity contribution in [3.8, 4) is 0 Å².